The molecular formula is C14H18N4O2. The van der Waals surface area contributed by atoms with Gasteiger partial charge in [-0.05, 0) is 26.7 Å². The molecule has 0 aliphatic heterocycles. The summed E-state index contributed by atoms with van der Waals surface area (Å²) in [5.41, 5.74) is 3.66. The highest BCUT2D eigenvalue weighted by Crippen LogP contribution is 2.35. The molecule has 106 valence electrons. The second-order valence-electron chi connectivity index (χ2n) is 5.40. The molecule has 1 N–H and O–H groups in total. The van der Waals surface area contributed by atoms with Gasteiger partial charge in [0.2, 0.25) is 0 Å². The molecule has 2 aromatic rings. The van der Waals surface area contributed by atoms with Crippen LogP contribution in [0.25, 0.3) is 0 Å². The number of hydrogen-bond donors (Lipinski definition) is 1. The molecule has 0 saturated heterocycles. The Labute approximate surface area is 117 Å². The first-order chi connectivity index (χ1) is 9.56. The van der Waals surface area contributed by atoms with Gasteiger partial charge >= 0.3 is 5.97 Å². The molecule has 2 aromatic heterocycles. The molecule has 0 atom stereocenters. The topological polar surface area (TPSA) is 72.9 Å². The molecule has 6 nitrogen and oxygen atoms in total. The Hall–Kier alpha value is -2.11. The zero-order chi connectivity index (χ0) is 14.3. The van der Waals surface area contributed by atoms with Crippen molar-refractivity contribution in [1.29, 1.82) is 0 Å². The van der Waals surface area contributed by atoms with Crippen molar-refractivity contribution in [3.05, 3.63) is 35.2 Å². The predicted octanol–water partition coefficient (Wildman–Crippen LogP) is 1.71. The van der Waals surface area contributed by atoms with E-state index in [1.165, 1.54) is 12.8 Å². The molecule has 1 aliphatic carbocycles. The lowest BCUT2D eigenvalue weighted by Gasteiger charge is -2.08. The smallest absolute Gasteiger partial charge is 0.307 e. The highest BCUT2D eigenvalue weighted by atomic mass is 16.4. The lowest BCUT2D eigenvalue weighted by molar-refractivity contribution is -0.136. The number of carbonyl (C=O) groups is 1. The van der Waals surface area contributed by atoms with Gasteiger partial charge in [0.05, 0.1) is 36.9 Å². The quantitative estimate of drug-likeness (QED) is 0.900. The Morgan fingerprint density at radius 1 is 1.45 bits per heavy atom. The standard InChI is InChI=1S/C14H18N4O2/c1-9-13(5-14(19)20)10(2)18(16-9)7-12-6-15-8-17(12)11-3-4-11/h6,8,11H,3-5,7H2,1-2H3,(H,19,20). The van der Waals surface area contributed by atoms with Gasteiger partial charge in [-0.3, -0.25) is 9.48 Å². The van der Waals surface area contributed by atoms with E-state index in [1.807, 2.05) is 31.1 Å². The van der Waals surface area contributed by atoms with Crippen molar-refractivity contribution >= 4 is 5.97 Å². The summed E-state index contributed by atoms with van der Waals surface area (Å²) in [6.45, 7) is 4.43. The summed E-state index contributed by atoms with van der Waals surface area (Å²) >= 11 is 0. The normalized spacial score (nSPS) is 14.7. The molecule has 1 fully saturated rings. The minimum atomic E-state index is -0.821. The van der Waals surface area contributed by atoms with E-state index in [1.54, 1.807) is 0 Å². The first-order valence-corrected chi connectivity index (χ1v) is 6.81. The van der Waals surface area contributed by atoms with Gasteiger partial charge < -0.3 is 9.67 Å². The number of nitrogens with zero attached hydrogens (tertiary/aromatic N) is 4. The van der Waals surface area contributed by atoms with E-state index in [4.69, 9.17) is 5.11 Å². The summed E-state index contributed by atoms with van der Waals surface area (Å²) in [4.78, 5) is 15.1. The molecule has 1 aliphatic rings. The van der Waals surface area contributed by atoms with Crippen LogP contribution in [0.2, 0.25) is 0 Å². The van der Waals surface area contributed by atoms with Gasteiger partial charge in [0.1, 0.15) is 0 Å². The van der Waals surface area contributed by atoms with Crippen LogP contribution in [0.4, 0.5) is 0 Å². The molecule has 0 unspecified atom stereocenters. The number of carboxylic acids is 1. The molecule has 0 spiro atoms. The molecule has 0 aromatic carbocycles. The first-order valence-electron chi connectivity index (χ1n) is 6.81. The van der Waals surface area contributed by atoms with E-state index in [-0.39, 0.29) is 6.42 Å². The molecule has 2 heterocycles. The van der Waals surface area contributed by atoms with Crippen LogP contribution in [-0.2, 0) is 17.8 Å². The summed E-state index contributed by atoms with van der Waals surface area (Å²) in [5, 5.41) is 13.4. The molecule has 0 bridgehead atoms. The summed E-state index contributed by atoms with van der Waals surface area (Å²) < 4.78 is 4.08. The zero-order valence-electron chi connectivity index (χ0n) is 11.7. The van der Waals surface area contributed by atoms with Crippen molar-refractivity contribution in [2.75, 3.05) is 0 Å². The average Bonchev–Trinajstić information content (AvgIpc) is 3.08. The summed E-state index contributed by atoms with van der Waals surface area (Å²) in [5.74, 6) is -0.821. The largest absolute Gasteiger partial charge is 0.481 e. The highest BCUT2D eigenvalue weighted by Gasteiger charge is 2.25. The minimum Gasteiger partial charge on any atom is -0.481 e. The minimum absolute atomic E-state index is 0.0273. The number of aryl methyl sites for hydroxylation is 1. The van der Waals surface area contributed by atoms with Crippen molar-refractivity contribution < 1.29 is 9.90 Å². The zero-order valence-corrected chi connectivity index (χ0v) is 11.7. The molecule has 0 radical (unpaired) electrons. The third-order valence-corrected chi connectivity index (χ3v) is 3.86. The molecule has 1 saturated carbocycles. The van der Waals surface area contributed by atoms with Gasteiger partial charge in [-0.25, -0.2) is 4.98 Å². The highest BCUT2D eigenvalue weighted by molar-refractivity contribution is 5.70. The molecule has 20 heavy (non-hydrogen) atoms. The van der Waals surface area contributed by atoms with E-state index in [0.717, 1.165) is 22.6 Å². The van der Waals surface area contributed by atoms with E-state index in [2.05, 4.69) is 14.6 Å². The maximum atomic E-state index is 10.9. The van der Waals surface area contributed by atoms with E-state index >= 15 is 0 Å². The maximum Gasteiger partial charge on any atom is 0.307 e. The number of aliphatic carboxylic acids is 1. The number of hydrogen-bond acceptors (Lipinski definition) is 3. The lowest BCUT2D eigenvalue weighted by Crippen LogP contribution is -2.09. The van der Waals surface area contributed by atoms with Crippen LogP contribution in [0.1, 0.15) is 41.5 Å². The Morgan fingerprint density at radius 2 is 2.20 bits per heavy atom. The van der Waals surface area contributed by atoms with Gasteiger partial charge in [0.15, 0.2) is 0 Å². The van der Waals surface area contributed by atoms with Crippen LogP contribution in [0, 0.1) is 13.8 Å². The first kappa shape index (κ1) is 12.9. The summed E-state index contributed by atoms with van der Waals surface area (Å²) in [7, 11) is 0. The number of carboxylic acid groups (broad SMARTS) is 1. The van der Waals surface area contributed by atoms with Crippen LogP contribution >= 0.6 is 0 Å². The maximum absolute atomic E-state index is 10.9. The Kier molecular flexibility index (Phi) is 3.08. The molecular weight excluding hydrogens is 256 g/mol. The lowest BCUT2D eigenvalue weighted by atomic mass is 10.1. The number of imidazole rings is 1. The third kappa shape index (κ3) is 2.33. The van der Waals surface area contributed by atoms with Crippen LogP contribution in [0.3, 0.4) is 0 Å². The monoisotopic (exact) mass is 274 g/mol. The fourth-order valence-corrected chi connectivity index (χ4v) is 2.58. The van der Waals surface area contributed by atoms with E-state index in [0.29, 0.717) is 12.6 Å². The van der Waals surface area contributed by atoms with Crippen molar-refractivity contribution in [2.45, 2.75) is 45.7 Å². The average molecular weight is 274 g/mol. The van der Waals surface area contributed by atoms with Gasteiger partial charge in [-0.1, -0.05) is 0 Å². The van der Waals surface area contributed by atoms with Crippen molar-refractivity contribution in [3.63, 3.8) is 0 Å². The summed E-state index contributed by atoms with van der Waals surface area (Å²) in [6, 6.07) is 0.586. The second kappa shape index (κ2) is 4.77. The van der Waals surface area contributed by atoms with Crippen LogP contribution in [-0.4, -0.2) is 30.4 Å². The molecule has 6 heteroatoms. The van der Waals surface area contributed by atoms with Crippen molar-refractivity contribution in [1.82, 2.24) is 19.3 Å². The van der Waals surface area contributed by atoms with Gasteiger partial charge in [0.25, 0.3) is 0 Å². The van der Waals surface area contributed by atoms with Crippen molar-refractivity contribution in [2.24, 2.45) is 0 Å². The number of aromatic nitrogens is 4. The van der Waals surface area contributed by atoms with E-state index < -0.39 is 5.97 Å². The Bertz CT molecular complexity index is 652. The van der Waals surface area contributed by atoms with Crippen LogP contribution in [0.15, 0.2) is 12.5 Å². The Balaban J connectivity index is 1.87. The predicted molar refractivity (Wildman–Crippen MR) is 72.6 cm³/mol. The fraction of sp³-hybridized carbons (Fsp3) is 0.500. The third-order valence-electron chi connectivity index (χ3n) is 3.86. The van der Waals surface area contributed by atoms with Gasteiger partial charge in [0, 0.05) is 17.3 Å². The number of rotatable bonds is 5. The van der Waals surface area contributed by atoms with Crippen LogP contribution < -0.4 is 0 Å². The SMILES string of the molecule is Cc1nn(Cc2cncn2C2CC2)c(C)c1CC(=O)O. The fourth-order valence-electron chi connectivity index (χ4n) is 2.58. The molecule has 3 rings (SSSR count). The van der Waals surface area contributed by atoms with E-state index in [9.17, 15) is 4.79 Å². The van der Waals surface area contributed by atoms with Crippen LogP contribution in [0.5, 0.6) is 0 Å². The summed E-state index contributed by atoms with van der Waals surface area (Å²) in [6.07, 6.45) is 6.19. The van der Waals surface area contributed by atoms with Crippen molar-refractivity contribution in [3.8, 4) is 0 Å². The molecule has 0 amide bonds. The van der Waals surface area contributed by atoms with Gasteiger partial charge in [-0.2, -0.15) is 5.10 Å². The Morgan fingerprint density at radius 3 is 2.85 bits per heavy atom. The van der Waals surface area contributed by atoms with Gasteiger partial charge in [-0.15, -0.1) is 0 Å². The second-order valence-corrected chi connectivity index (χ2v) is 5.40.